The Kier molecular flexibility index (Phi) is 7.04. The van der Waals surface area contributed by atoms with Gasteiger partial charge in [-0.3, -0.25) is 10.2 Å². The second-order valence-electron chi connectivity index (χ2n) is 8.25. The first-order valence-corrected chi connectivity index (χ1v) is 11.1. The summed E-state index contributed by atoms with van der Waals surface area (Å²) in [5, 5.41) is 10.3. The van der Waals surface area contributed by atoms with Crippen molar-refractivity contribution in [2.45, 2.75) is 32.4 Å². The maximum absolute atomic E-state index is 12.5. The number of nitrogens with one attached hydrogen (secondary N) is 2. The third-order valence-electron chi connectivity index (χ3n) is 5.99. The number of ether oxygens (including phenoxy) is 1. The second kappa shape index (κ2) is 10.3. The Morgan fingerprint density at radius 2 is 1.76 bits per heavy atom. The molecule has 1 fully saturated rings. The normalized spacial score (nSPS) is 14.6. The number of carbonyl (C=O) groups excluding carboxylic acids is 2. The standard InChI is InChI=1S/C25H29N5O3/c1-18-5-3-4-6-22(18)27-25(32)28-23-11-14-26-30(23)21-12-15-29(16-13-21)17-19-7-9-20(10-8-19)24(31)33-2/h3-11,14,21H,12-13,15-17H2,1-2H3,(H2,27,28,32). The summed E-state index contributed by atoms with van der Waals surface area (Å²) in [7, 11) is 1.39. The molecule has 0 atom stereocenters. The van der Waals surface area contributed by atoms with Gasteiger partial charge in [-0.1, -0.05) is 30.3 Å². The van der Waals surface area contributed by atoms with E-state index in [1.807, 2.05) is 54.1 Å². The molecule has 8 nitrogen and oxygen atoms in total. The van der Waals surface area contributed by atoms with Crippen LogP contribution in [0.4, 0.5) is 16.3 Å². The van der Waals surface area contributed by atoms with Crippen LogP contribution in [0.2, 0.25) is 0 Å². The van der Waals surface area contributed by atoms with E-state index in [0.29, 0.717) is 11.4 Å². The third-order valence-corrected chi connectivity index (χ3v) is 5.99. The van der Waals surface area contributed by atoms with Gasteiger partial charge >= 0.3 is 12.0 Å². The Hall–Kier alpha value is -3.65. The highest BCUT2D eigenvalue weighted by molar-refractivity contribution is 5.99. The Balaban J connectivity index is 1.30. The van der Waals surface area contributed by atoms with Crippen LogP contribution in [0.3, 0.4) is 0 Å². The summed E-state index contributed by atoms with van der Waals surface area (Å²) in [6.45, 7) is 4.65. The van der Waals surface area contributed by atoms with Crippen molar-refractivity contribution in [3.8, 4) is 0 Å². The number of amides is 2. The number of urea groups is 1. The predicted octanol–water partition coefficient (Wildman–Crippen LogP) is 4.46. The van der Waals surface area contributed by atoms with Gasteiger partial charge in [0.2, 0.25) is 0 Å². The first-order valence-electron chi connectivity index (χ1n) is 11.1. The van der Waals surface area contributed by atoms with Crippen LogP contribution in [-0.2, 0) is 11.3 Å². The van der Waals surface area contributed by atoms with E-state index in [0.717, 1.165) is 49.3 Å². The number of likely N-dealkylation sites (tertiary alicyclic amines) is 1. The average Bonchev–Trinajstić information content (AvgIpc) is 3.29. The van der Waals surface area contributed by atoms with Gasteiger partial charge in [-0.2, -0.15) is 5.10 Å². The van der Waals surface area contributed by atoms with Crippen LogP contribution >= 0.6 is 0 Å². The summed E-state index contributed by atoms with van der Waals surface area (Å²) in [6.07, 6.45) is 3.60. The SMILES string of the molecule is COC(=O)c1ccc(CN2CCC(n3nccc3NC(=O)Nc3ccccc3C)CC2)cc1. The zero-order valence-corrected chi connectivity index (χ0v) is 19.0. The number of piperidine rings is 1. The van der Waals surface area contributed by atoms with E-state index >= 15 is 0 Å². The van der Waals surface area contributed by atoms with Gasteiger partial charge in [0, 0.05) is 31.4 Å². The van der Waals surface area contributed by atoms with Crippen LogP contribution in [0.15, 0.2) is 60.8 Å². The fourth-order valence-corrected chi connectivity index (χ4v) is 4.13. The van der Waals surface area contributed by atoms with E-state index in [4.69, 9.17) is 4.74 Å². The molecule has 1 aromatic heterocycles. The Morgan fingerprint density at radius 1 is 1.03 bits per heavy atom. The van der Waals surface area contributed by atoms with Crippen molar-refractivity contribution in [3.63, 3.8) is 0 Å². The van der Waals surface area contributed by atoms with Crippen LogP contribution in [0.25, 0.3) is 0 Å². The molecule has 3 aromatic rings. The lowest BCUT2D eigenvalue weighted by Gasteiger charge is -2.32. The third kappa shape index (κ3) is 5.59. The molecule has 0 aliphatic carbocycles. The van der Waals surface area contributed by atoms with Gasteiger partial charge in [-0.05, 0) is 49.1 Å². The zero-order valence-electron chi connectivity index (χ0n) is 19.0. The summed E-state index contributed by atoms with van der Waals surface area (Å²) in [6, 6.07) is 17.0. The molecule has 0 spiro atoms. The Labute approximate surface area is 193 Å². The molecule has 2 amide bonds. The lowest BCUT2D eigenvalue weighted by Crippen LogP contribution is -2.35. The quantitative estimate of drug-likeness (QED) is 0.545. The molecule has 1 saturated heterocycles. The van der Waals surface area contributed by atoms with Crippen LogP contribution in [0.1, 0.15) is 40.4 Å². The number of anilines is 2. The Bertz CT molecular complexity index is 1100. The number of hydrogen-bond donors (Lipinski definition) is 2. The number of methoxy groups -OCH3 is 1. The number of nitrogens with zero attached hydrogens (tertiary/aromatic N) is 3. The van der Waals surface area contributed by atoms with Crippen LogP contribution in [0.5, 0.6) is 0 Å². The molecule has 2 aromatic carbocycles. The lowest BCUT2D eigenvalue weighted by molar-refractivity contribution is 0.0600. The molecule has 1 aliphatic rings. The maximum atomic E-state index is 12.5. The van der Waals surface area contributed by atoms with Crippen molar-refractivity contribution in [2.75, 3.05) is 30.8 Å². The summed E-state index contributed by atoms with van der Waals surface area (Å²) in [5.41, 5.74) is 3.52. The van der Waals surface area contributed by atoms with Crippen molar-refractivity contribution in [2.24, 2.45) is 0 Å². The number of esters is 1. The van der Waals surface area contributed by atoms with E-state index in [1.165, 1.54) is 7.11 Å². The van der Waals surface area contributed by atoms with Gasteiger partial charge in [-0.15, -0.1) is 0 Å². The molecular formula is C25H29N5O3. The molecule has 1 aliphatic heterocycles. The minimum Gasteiger partial charge on any atom is -0.465 e. The molecule has 0 radical (unpaired) electrons. The molecule has 0 saturated carbocycles. The first-order chi connectivity index (χ1) is 16.0. The van der Waals surface area contributed by atoms with Gasteiger partial charge < -0.3 is 10.1 Å². The maximum Gasteiger partial charge on any atom is 0.337 e. The van der Waals surface area contributed by atoms with Crippen LogP contribution in [0, 0.1) is 6.92 Å². The molecular weight excluding hydrogens is 418 g/mol. The number of aromatic nitrogens is 2. The molecule has 4 rings (SSSR count). The summed E-state index contributed by atoms with van der Waals surface area (Å²) in [4.78, 5) is 26.5. The van der Waals surface area contributed by atoms with Gasteiger partial charge in [0.1, 0.15) is 5.82 Å². The number of aryl methyl sites for hydroxylation is 1. The summed E-state index contributed by atoms with van der Waals surface area (Å²) >= 11 is 0. The predicted molar refractivity (Wildman–Crippen MR) is 127 cm³/mol. The second-order valence-corrected chi connectivity index (χ2v) is 8.25. The molecule has 33 heavy (non-hydrogen) atoms. The first kappa shape index (κ1) is 22.5. The topological polar surface area (TPSA) is 88.5 Å². The van der Waals surface area contributed by atoms with E-state index in [2.05, 4.69) is 20.6 Å². The fraction of sp³-hybridized carbons (Fsp3) is 0.320. The van der Waals surface area contributed by atoms with E-state index in [9.17, 15) is 9.59 Å². The number of rotatable bonds is 6. The molecule has 2 N–H and O–H groups in total. The Morgan fingerprint density at radius 3 is 2.45 bits per heavy atom. The number of carbonyl (C=O) groups is 2. The van der Waals surface area contributed by atoms with Gasteiger partial charge in [-0.25, -0.2) is 14.3 Å². The largest absolute Gasteiger partial charge is 0.465 e. The summed E-state index contributed by atoms with van der Waals surface area (Å²) in [5.74, 6) is 0.372. The number of benzene rings is 2. The molecule has 8 heteroatoms. The minimum atomic E-state index is -0.321. The lowest BCUT2D eigenvalue weighted by atomic mass is 10.0. The van der Waals surface area contributed by atoms with Gasteiger partial charge in [0.15, 0.2) is 0 Å². The minimum absolute atomic E-state index is 0.228. The van der Waals surface area contributed by atoms with Crippen molar-refractivity contribution in [1.82, 2.24) is 14.7 Å². The van der Waals surface area contributed by atoms with Crippen molar-refractivity contribution < 1.29 is 14.3 Å². The average molecular weight is 448 g/mol. The van der Waals surface area contributed by atoms with E-state index < -0.39 is 0 Å². The van der Waals surface area contributed by atoms with Crippen molar-refractivity contribution in [3.05, 3.63) is 77.5 Å². The van der Waals surface area contributed by atoms with Crippen molar-refractivity contribution in [1.29, 1.82) is 0 Å². The molecule has 0 bridgehead atoms. The summed E-state index contributed by atoms with van der Waals surface area (Å²) < 4.78 is 6.67. The molecule has 172 valence electrons. The van der Waals surface area contributed by atoms with Crippen molar-refractivity contribution >= 4 is 23.5 Å². The molecule has 0 unspecified atom stereocenters. The monoisotopic (exact) mass is 447 g/mol. The number of para-hydroxylation sites is 1. The van der Waals surface area contributed by atoms with Gasteiger partial charge in [0.25, 0.3) is 0 Å². The van der Waals surface area contributed by atoms with E-state index in [1.54, 1.807) is 18.3 Å². The highest BCUT2D eigenvalue weighted by atomic mass is 16.5. The van der Waals surface area contributed by atoms with Crippen LogP contribution in [-0.4, -0.2) is 46.9 Å². The molecule has 2 heterocycles. The zero-order chi connectivity index (χ0) is 23.2. The smallest absolute Gasteiger partial charge is 0.337 e. The highest BCUT2D eigenvalue weighted by Crippen LogP contribution is 2.26. The van der Waals surface area contributed by atoms with Crippen LogP contribution < -0.4 is 10.6 Å². The van der Waals surface area contributed by atoms with Gasteiger partial charge in [0.05, 0.1) is 24.9 Å². The fourth-order valence-electron chi connectivity index (χ4n) is 4.13. The highest BCUT2D eigenvalue weighted by Gasteiger charge is 2.23. The number of hydrogen-bond acceptors (Lipinski definition) is 5. The van der Waals surface area contributed by atoms with E-state index in [-0.39, 0.29) is 18.0 Å².